The van der Waals surface area contributed by atoms with E-state index in [-0.39, 0.29) is 12.2 Å². The zero-order valence-electron chi connectivity index (χ0n) is 23.9. The first kappa shape index (κ1) is 35.1. The molecule has 0 aliphatic heterocycles. The summed E-state index contributed by atoms with van der Waals surface area (Å²) in [5.41, 5.74) is 4.27. The highest BCUT2D eigenvalue weighted by Gasteiger charge is 2.51. The monoisotopic (exact) mass is 540 g/mol. The van der Waals surface area contributed by atoms with Gasteiger partial charge in [0.25, 0.3) is 0 Å². The second-order valence-corrected chi connectivity index (χ2v) is 9.77. The van der Waals surface area contributed by atoms with Crippen molar-refractivity contribution < 1.29 is 34.1 Å². The van der Waals surface area contributed by atoms with E-state index in [0.29, 0.717) is 18.1 Å². The second kappa shape index (κ2) is 18.4. The number of carbonyl (C=O) groups excluding carboxylic acids is 2. The number of ether oxygens (including phenoxy) is 2. The fourth-order valence-electron chi connectivity index (χ4n) is 4.14. The maximum absolute atomic E-state index is 11.1. The Kier molecular flexibility index (Phi) is 16.6. The fourth-order valence-corrected chi connectivity index (χ4v) is 4.14. The molecule has 4 rings (SSSR count). The number of allylic oxidation sites excluding steroid dienone is 2. The van der Waals surface area contributed by atoms with Crippen LogP contribution in [0.3, 0.4) is 0 Å². The van der Waals surface area contributed by atoms with Crippen molar-refractivity contribution in [2.24, 2.45) is 17.3 Å². The number of carboxylic acids is 1. The van der Waals surface area contributed by atoms with Gasteiger partial charge in [-0.05, 0) is 61.5 Å². The first-order valence-electron chi connectivity index (χ1n) is 12.9. The highest BCUT2D eigenvalue weighted by atomic mass is 16.5. The minimum atomic E-state index is -1.20. The normalized spacial score (nSPS) is 18.3. The van der Waals surface area contributed by atoms with Crippen LogP contribution in [0.2, 0.25) is 0 Å². The Morgan fingerprint density at radius 1 is 1.15 bits per heavy atom. The molecule has 0 saturated heterocycles. The summed E-state index contributed by atoms with van der Waals surface area (Å²) in [5, 5.41) is 16.9. The van der Waals surface area contributed by atoms with Crippen LogP contribution in [0.5, 0.6) is 0 Å². The molecule has 0 heterocycles. The summed E-state index contributed by atoms with van der Waals surface area (Å²) in [6.45, 7) is 20.0. The lowest BCUT2D eigenvalue weighted by molar-refractivity contribution is -0.138. The average Bonchev–Trinajstić information content (AvgIpc) is 2.92. The number of hydrogen-bond donors (Lipinski definition) is 2. The number of hydrogen-bond acceptors (Lipinski definition) is 6. The summed E-state index contributed by atoms with van der Waals surface area (Å²) >= 11 is 0. The van der Waals surface area contributed by atoms with Crippen LogP contribution >= 0.6 is 0 Å². The zero-order valence-corrected chi connectivity index (χ0v) is 23.9. The van der Waals surface area contributed by atoms with Gasteiger partial charge in [0.2, 0.25) is 0 Å². The van der Waals surface area contributed by atoms with Crippen LogP contribution in [-0.4, -0.2) is 41.8 Å². The highest BCUT2D eigenvalue weighted by molar-refractivity contribution is 5.93. The third-order valence-corrected chi connectivity index (χ3v) is 6.63. The minimum absolute atomic E-state index is 0.194. The number of carboxylic acid groups (broad SMARTS) is 1. The first-order chi connectivity index (χ1) is 18.3. The van der Waals surface area contributed by atoms with Gasteiger partial charge in [0.05, 0.1) is 25.6 Å². The number of aliphatic hydroxyl groups excluding tert-OH is 1. The molecular formula is C32H44O7. The smallest absolute Gasteiger partial charge is 0.341 e. The molecule has 2 unspecified atom stereocenters. The van der Waals surface area contributed by atoms with Gasteiger partial charge in [-0.25, -0.2) is 14.4 Å². The third-order valence-electron chi connectivity index (χ3n) is 6.63. The number of esters is 2. The number of rotatable bonds is 7. The molecule has 7 nitrogen and oxygen atoms in total. The summed E-state index contributed by atoms with van der Waals surface area (Å²) in [7, 11) is 1.31. The van der Waals surface area contributed by atoms with Crippen molar-refractivity contribution >= 4 is 23.5 Å². The zero-order chi connectivity index (χ0) is 30.0. The van der Waals surface area contributed by atoms with E-state index in [1.807, 2.05) is 32.0 Å². The van der Waals surface area contributed by atoms with Crippen LogP contribution < -0.4 is 0 Å². The van der Waals surface area contributed by atoms with E-state index in [0.717, 1.165) is 35.6 Å². The standard InChI is InChI=1S/C10H16.C9H12O5.C9H10.C4H6O2/c1-7-4-5-8-6-9(7)10(8,2)3;1-2-5-14-9(13)7(6-10)3-4-8(11)12;1-8(2)9-6-4-3-5-7-9;1-3-4(5)6-2/h8-9H,1,4-6H2,2-3H3;3-4,6,10H,2,5H2,1H3,(H,11,12);3-7H,1H2,2H3;3H,1H2,2H3. The quantitative estimate of drug-likeness (QED) is 0.125. The molecule has 1 aromatic rings. The minimum Gasteiger partial charge on any atom is -0.515 e. The van der Waals surface area contributed by atoms with Crippen LogP contribution in [-0.2, 0) is 23.9 Å². The number of fused-ring (bicyclic) bond motifs is 2. The van der Waals surface area contributed by atoms with Gasteiger partial charge >= 0.3 is 17.9 Å². The van der Waals surface area contributed by atoms with E-state index in [1.165, 1.54) is 37.5 Å². The van der Waals surface area contributed by atoms with E-state index in [9.17, 15) is 14.4 Å². The lowest BCUT2D eigenvalue weighted by Crippen LogP contribution is -2.48. The molecule has 214 valence electrons. The molecule has 0 spiro atoms. The Morgan fingerprint density at radius 2 is 1.77 bits per heavy atom. The van der Waals surface area contributed by atoms with Crippen molar-refractivity contribution in [2.75, 3.05) is 13.7 Å². The SMILES string of the molecule is C=C(C)c1ccccc1.C=C1CCC2CC1C2(C)C.C=CC(=O)OC.CCCOC(=O)C(C=CC(=O)O)=CO. The number of aliphatic carboxylic acids is 1. The van der Waals surface area contributed by atoms with Crippen molar-refractivity contribution in [2.45, 2.75) is 53.4 Å². The van der Waals surface area contributed by atoms with Gasteiger partial charge < -0.3 is 19.7 Å². The van der Waals surface area contributed by atoms with Crippen molar-refractivity contribution in [1.29, 1.82) is 0 Å². The lowest BCUT2D eigenvalue weighted by atomic mass is 9.47. The molecule has 1 aromatic carbocycles. The Bertz CT molecular complexity index is 1030. The van der Waals surface area contributed by atoms with E-state index < -0.39 is 17.9 Å². The molecule has 39 heavy (non-hydrogen) atoms. The molecule has 3 saturated carbocycles. The average molecular weight is 541 g/mol. The van der Waals surface area contributed by atoms with Crippen LogP contribution in [0, 0.1) is 17.3 Å². The molecule has 3 fully saturated rings. The summed E-state index contributed by atoms with van der Waals surface area (Å²) in [6.07, 6.45) is 8.15. The van der Waals surface area contributed by atoms with Crippen LogP contribution in [0.4, 0.5) is 0 Å². The summed E-state index contributed by atoms with van der Waals surface area (Å²) < 4.78 is 8.81. The van der Waals surface area contributed by atoms with Crippen LogP contribution in [0.15, 0.2) is 85.7 Å². The lowest BCUT2D eigenvalue weighted by Gasteiger charge is -2.57. The molecule has 2 atom stereocenters. The van der Waals surface area contributed by atoms with E-state index >= 15 is 0 Å². The van der Waals surface area contributed by atoms with Crippen molar-refractivity contribution in [1.82, 2.24) is 0 Å². The molecule has 0 amide bonds. The van der Waals surface area contributed by atoms with Crippen molar-refractivity contribution in [3.8, 4) is 0 Å². The van der Waals surface area contributed by atoms with Gasteiger partial charge in [-0.2, -0.15) is 0 Å². The predicted octanol–water partition coefficient (Wildman–Crippen LogP) is 7.09. The molecule has 3 aliphatic carbocycles. The van der Waals surface area contributed by atoms with Crippen molar-refractivity contribution in [3.05, 3.63) is 91.3 Å². The summed E-state index contributed by atoms with van der Waals surface area (Å²) in [4.78, 5) is 31.0. The summed E-state index contributed by atoms with van der Waals surface area (Å²) in [5.74, 6) is -0.455. The maximum atomic E-state index is 11.1. The number of carbonyl (C=O) groups is 3. The predicted molar refractivity (Wildman–Crippen MR) is 156 cm³/mol. The molecule has 2 N–H and O–H groups in total. The van der Waals surface area contributed by atoms with Gasteiger partial charge in [-0.15, -0.1) is 0 Å². The highest BCUT2D eigenvalue weighted by Crippen LogP contribution is 2.60. The first-order valence-corrected chi connectivity index (χ1v) is 12.9. The van der Waals surface area contributed by atoms with Crippen molar-refractivity contribution in [3.63, 3.8) is 0 Å². The Morgan fingerprint density at radius 3 is 2.08 bits per heavy atom. The summed E-state index contributed by atoms with van der Waals surface area (Å²) in [6, 6.07) is 10.2. The van der Waals surface area contributed by atoms with Gasteiger partial charge in [0.15, 0.2) is 0 Å². The number of aliphatic hydroxyl groups is 1. The number of methoxy groups -OCH3 is 1. The van der Waals surface area contributed by atoms with Gasteiger partial charge in [-0.3, -0.25) is 0 Å². The van der Waals surface area contributed by atoms with Crippen LogP contribution in [0.25, 0.3) is 5.57 Å². The van der Waals surface area contributed by atoms with E-state index in [1.54, 1.807) is 0 Å². The molecule has 2 bridgehead atoms. The molecular weight excluding hydrogens is 496 g/mol. The Balaban J connectivity index is 0.000000513. The molecule has 0 radical (unpaired) electrons. The topological polar surface area (TPSA) is 110 Å². The molecule has 3 aliphatic rings. The Hall–Kier alpha value is -3.87. The van der Waals surface area contributed by atoms with Gasteiger partial charge in [0.1, 0.15) is 0 Å². The van der Waals surface area contributed by atoms with E-state index in [4.69, 9.17) is 10.2 Å². The third kappa shape index (κ3) is 13.0. The van der Waals surface area contributed by atoms with Crippen LogP contribution in [0.1, 0.15) is 58.9 Å². The van der Waals surface area contributed by atoms with Gasteiger partial charge in [0, 0.05) is 12.2 Å². The van der Waals surface area contributed by atoms with E-state index in [2.05, 4.69) is 55.2 Å². The number of benzene rings is 1. The Labute approximate surface area is 233 Å². The van der Waals surface area contributed by atoms with Gasteiger partial charge in [-0.1, -0.05) is 82.0 Å². The largest absolute Gasteiger partial charge is 0.515 e. The molecule has 7 heteroatoms. The second-order valence-electron chi connectivity index (χ2n) is 9.77. The maximum Gasteiger partial charge on any atom is 0.341 e. The molecule has 0 aromatic heterocycles. The fraction of sp³-hybridized carbons (Fsp3) is 0.406.